The fraction of sp³-hybridized carbons (Fsp3) is 0.500. The van der Waals surface area contributed by atoms with E-state index in [0.29, 0.717) is 16.8 Å². The van der Waals surface area contributed by atoms with Crippen LogP contribution in [-0.4, -0.2) is 18.6 Å². The lowest BCUT2D eigenvalue weighted by Gasteiger charge is -2.11. The third-order valence-electron chi connectivity index (χ3n) is 2.09. The van der Waals surface area contributed by atoms with Gasteiger partial charge in [0.25, 0.3) is 0 Å². The fourth-order valence-electron chi connectivity index (χ4n) is 1.45. The molecule has 1 unspecified atom stereocenters. The molecule has 1 heterocycles. The van der Waals surface area contributed by atoms with Crippen molar-refractivity contribution < 1.29 is 0 Å². The Hall–Kier alpha value is -0.800. The molecule has 0 fully saturated rings. The van der Waals surface area contributed by atoms with Gasteiger partial charge in [0.15, 0.2) is 0 Å². The first-order valence-corrected chi connectivity index (χ1v) is 5.05. The summed E-state index contributed by atoms with van der Waals surface area (Å²) < 4.78 is 0. The Kier molecular flexibility index (Phi) is 4.17. The van der Waals surface area contributed by atoms with Gasteiger partial charge >= 0.3 is 0 Å². The number of hydrogen-bond donors (Lipinski definition) is 2. The van der Waals surface area contributed by atoms with Crippen LogP contribution in [0.1, 0.15) is 12.5 Å². The van der Waals surface area contributed by atoms with Gasteiger partial charge in [0, 0.05) is 6.20 Å². The highest BCUT2D eigenvalue weighted by Gasteiger charge is 2.07. The second-order valence-corrected chi connectivity index (χ2v) is 4.00. The van der Waals surface area contributed by atoms with Gasteiger partial charge in [-0.15, -0.1) is 0 Å². The first-order valence-electron chi connectivity index (χ1n) is 4.68. The van der Waals surface area contributed by atoms with Crippen LogP contribution in [0.15, 0.2) is 12.3 Å². The average molecular weight is 214 g/mol. The summed E-state index contributed by atoms with van der Waals surface area (Å²) >= 11 is 5.84. The maximum absolute atomic E-state index is 5.84. The highest BCUT2D eigenvalue weighted by atomic mass is 35.5. The largest absolute Gasteiger partial charge is 0.383 e. The van der Waals surface area contributed by atoms with Gasteiger partial charge in [-0.25, -0.2) is 4.98 Å². The molecule has 0 aliphatic rings. The highest BCUT2D eigenvalue weighted by molar-refractivity contribution is 6.30. The Morgan fingerprint density at radius 3 is 3.00 bits per heavy atom. The number of rotatable bonds is 4. The summed E-state index contributed by atoms with van der Waals surface area (Å²) in [4.78, 5) is 4.02. The van der Waals surface area contributed by atoms with Gasteiger partial charge < -0.3 is 11.1 Å². The monoisotopic (exact) mass is 213 g/mol. The predicted octanol–water partition coefficient (Wildman–Crippen LogP) is 1.72. The Labute approximate surface area is 89.7 Å². The van der Waals surface area contributed by atoms with Crippen molar-refractivity contribution >= 4 is 17.4 Å². The van der Waals surface area contributed by atoms with Crippen molar-refractivity contribution in [1.82, 2.24) is 10.3 Å². The van der Waals surface area contributed by atoms with E-state index in [4.69, 9.17) is 17.3 Å². The van der Waals surface area contributed by atoms with Gasteiger partial charge in [0.2, 0.25) is 0 Å². The zero-order valence-corrected chi connectivity index (χ0v) is 9.30. The molecular formula is C10H16ClN3. The number of nitrogens with zero attached hydrogens (tertiary/aromatic N) is 1. The van der Waals surface area contributed by atoms with E-state index in [1.807, 2.05) is 13.1 Å². The molecule has 0 radical (unpaired) electrons. The van der Waals surface area contributed by atoms with Crippen molar-refractivity contribution in [3.63, 3.8) is 0 Å². The molecule has 1 rings (SSSR count). The lowest BCUT2D eigenvalue weighted by molar-refractivity contribution is 0.542. The number of nitrogens with one attached hydrogen (secondary N) is 1. The molecule has 0 aromatic carbocycles. The second-order valence-electron chi connectivity index (χ2n) is 3.56. The van der Waals surface area contributed by atoms with Crippen LogP contribution in [0.2, 0.25) is 5.02 Å². The summed E-state index contributed by atoms with van der Waals surface area (Å²) in [7, 11) is 1.94. The van der Waals surface area contributed by atoms with Gasteiger partial charge in [-0.1, -0.05) is 18.5 Å². The number of nitrogen functional groups attached to an aromatic ring is 1. The van der Waals surface area contributed by atoms with Gasteiger partial charge in [-0.3, -0.25) is 0 Å². The molecule has 1 aromatic heterocycles. The molecular weight excluding hydrogens is 198 g/mol. The number of halogens is 1. The van der Waals surface area contributed by atoms with Crippen LogP contribution >= 0.6 is 11.6 Å². The van der Waals surface area contributed by atoms with Crippen LogP contribution in [-0.2, 0) is 6.42 Å². The molecule has 1 aromatic rings. The van der Waals surface area contributed by atoms with Crippen LogP contribution in [0.3, 0.4) is 0 Å². The molecule has 0 aliphatic carbocycles. The van der Waals surface area contributed by atoms with Gasteiger partial charge in [0.05, 0.1) is 5.02 Å². The molecule has 3 N–H and O–H groups in total. The SMILES string of the molecule is CNCC(C)Cc1cc(Cl)cnc1N. The summed E-state index contributed by atoms with van der Waals surface area (Å²) in [5.74, 6) is 1.11. The Bertz CT molecular complexity index is 301. The maximum Gasteiger partial charge on any atom is 0.126 e. The van der Waals surface area contributed by atoms with Crippen molar-refractivity contribution in [2.75, 3.05) is 19.3 Å². The molecule has 0 bridgehead atoms. The fourth-order valence-corrected chi connectivity index (χ4v) is 1.63. The van der Waals surface area contributed by atoms with E-state index in [1.165, 1.54) is 0 Å². The first-order chi connectivity index (χ1) is 6.63. The van der Waals surface area contributed by atoms with E-state index in [2.05, 4.69) is 17.2 Å². The number of pyridine rings is 1. The summed E-state index contributed by atoms with van der Waals surface area (Å²) in [5.41, 5.74) is 6.77. The normalized spacial score (nSPS) is 12.8. The van der Waals surface area contributed by atoms with Crippen molar-refractivity contribution in [1.29, 1.82) is 0 Å². The topological polar surface area (TPSA) is 50.9 Å². The molecule has 14 heavy (non-hydrogen) atoms. The minimum absolute atomic E-state index is 0.530. The number of aromatic nitrogens is 1. The van der Waals surface area contributed by atoms with E-state index in [1.54, 1.807) is 6.20 Å². The van der Waals surface area contributed by atoms with Crippen LogP contribution in [0, 0.1) is 5.92 Å². The Balaban J connectivity index is 2.70. The van der Waals surface area contributed by atoms with E-state index < -0.39 is 0 Å². The summed E-state index contributed by atoms with van der Waals surface area (Å²) in [6, 6.07) is 1.88. The molecule has 0 saturated carbocycles. The zero-order valence-electron chi connectivity index (χ0n) is 8.55. The van der Waals surface area contributed by atoms with Crippen LogP contribution in [0.4, 0.5) is 5.82 Å². The van der Waals surface area contributed by atoms with Crippen molar-refractivity contribution in [3.05, 3.63) is 22.8 Å². The molecule has 4 heteroatoms. The summed E-state index contributed by atoms with van der Waals surface area (Å²) in [5, 5.41) is 3.77. The minimum Gasteiger partial charge on any atom is -0.383 e. The predicted molar refractivity (Wildman–Crippen MR) is 60.5 cm³/mol. The molecule has 0 spiro atoms. The summed E-state index contributed by atoms with van der Waals surface area (Å²) in [6.45, 7) is 3.13. The highest BCUT2D eigenvalue weighted by Crippen LogP contribution is 2.18. The third-order valence-corrected chi connectivity index (χ3v) is 2.30. The molecule has 0 amide bonds. The average Bonchev–Trinajstić information content (AvgIpc) is 2.12. The van der Waals surface area contributed by atoms with Crippen molar-refractivity contribution in [2.45, 2.75) is 13.3 Å². The number of hydrogen-bond acceptors (Lipinski definition) is 3. The third kappa shape index (κ3) is 3.16. The van der Waals surface area contributed by atoms with E-state index in [0.717, 1.165) is 18.5 Å². The standard InChI is InChI=1S/C10H16ClN3/c1-7(5-13-2)3-8-4-9(11)6-14-10(8)12/h4,6-7,13H,3,5H2,1-2H3,(H2,12,14). The van der Waals surface area contributed by atoms with Crippen LogP contribution in [0.25, 0.3) is 0 Å². The van der Waals surface area contributed by atoms with Crippen molar-refractivity contribution in [3.8, 4) is 0 Å². The molecule has 0 aliphatic heterocycles. The molecule has 0 saturated heterocycles. The van der Waals surface area contributed by atoms with E-state index in [-0.39, 0.29) is 0 Å². The Morgan fingerprint density at radius 2 is 2.36 bits per heavy atom. The first kappa shape index (κ1) is 11.3. The lowest BCUT2D eigenvalue weighted by Crippen LogP contribution is -2.18. The van der Waals surface area contributed by atoms with Crippen molar-refractivity contribution in [2.24, 2.45) is 5.92 Å². The smallest absolute Gasteiger partial charge is 0.126 e. The molecule has 78 valence electrons. The number of nitrogens with two attached hydrogens (primary N) is 1. The minimum atomic E-state index is 0.530. The maximum atomic E-state index is 5.84. The second kappa shape index (κ2) is 5.17. The van der Waals surface area contributed by atoms with E-state index in [9.17, 15) is 0 Å². The van der Waals surface area contributed by atoms with E-state index >= 15 is 0 Å². The quantitative estimate of drug-likeness (QED) is 0.801. The lowest BCUT2D eigenvalue weighted by atomic mass is 10.0. The van der Waals surface area contributed by atoms with Gasteiger partial charge in [-0.2, -0.15) is 0 Å². The zero-order chi connectivity index (χ0) is 10.6. The van der Waals surface area contributed by atoms with Crippen LogP contribution < -0.4 is 11.1 Å². The number of anilines is 1. The van der Waals surface area contributed by atoms with Gasteiger partial charge in [0.1, 0.15) is 5.82 Å². The van der Waals surface area contributed by atoms with Crippen LogP contribution in [0.5, 0.6) is 0 Å². The Morgan fingerprint density at radius 1 is 1.64 bits per heavy atom. The molecule has 3 nitrogen and oxygen atoms in total. The molecule has 1 atom stereocenters. The van der Waals surface area contributed by atoms with Gasteiger partial charge in [-0.05, 0) is 37.6 Å². The summed E-state index contributed by atoms with van der Waals surface area (Å²) in [6.07, 6.45) is 2.48.